The van der Waals surface area contributed by atoms with E-state index in [-0.39, 0.29) is 17.6 Å². The average Bonchev–Trinajstić information content (AvgIpc) is 2.71. The van der Waals surface area contributed by atoms with Gasteiger partial charge >= 0.3 is 5.30 Å². The third-order valence-electron chi connectivity index (χ3n) is 3.54. The van der Waals surface area contributed by atoms with Crippen molar-refractivity contribution in [3.8, 4) is 0 Å². The molecule has 0 N–H and O–H groups in total. The number of fused-ring (bicyclic) bond motifs is 1. The van der Waals surface area contributed by atoms with Crippen LogP contribution >= 0.6 is 10.7 Å². The molecule has 6 nitrogen and oxygen atoms in total. The number of ether oxygens (including phenoxy) is 1. The van der Waals surface area contributed by atoms with Crippen molar-refractivity contribution in [1.29, 1.82) is 0 Å². The fourth-order valence-corrected chi connectivity index (χ4v) is 4.21. The number of hydrogen-bond donors (Lipinski definition) is 0. The Balaban J connectivity index is 1.56. The summed E-state index contributed by atoms with van der Waals surface area (Å²) in [5.41, 5.74) is 0.793. The number of non-ortho nitro benzene ring substituents is 1. The number of benzene rings is 1. The number of rotatable bonds is 3. The van der Waals surface area contributed by atoms with Crippen molar-refractivity contribution in [2.24, 2.45) is 0 Å². The lowest BCUT2D eigenvalue weighted by atomic mass is 10.1. The highest BCUT2D eigenvalue weighted by molar-refractivity contribution is 8.25. The van der Waals surface area contributed by atoms with E-state index in [2.05, 4.69) is 4.31 Å². The lowest BCUT2D eigenvalue weighted by molar-refractivity contribution is -0.384. The fraction of sp³-hybridized carbons (Fsp3) is 0.385. The molecule has 2 atom stereocenters. The summed E-state index contributed by atoms with van der Waals surface area (Å²) in [6.07, 6.45) is 2.13. The molecular weight excluding hydrogens is 280 g/mol. The Morgan fingerprint density at radius 2 is 2.20 bits per heavy atom. The highest BCUT2D eigenvalue weighted by Crippen LogP contribution is 2.39. The van der Waals surface area contributed by atoms with Gasteiger partial charge in [0.2, 0.25) is 0 Å². The molecule has 0 spiro atoms. The molecule has 0 amide bonds. The number of nitro benzene ring substituents is 1. The SMILES string of the molecule is O=C(OCc1ccc([N+](=O)[O-])cc1)S1=CCC2CCN21. The van der Waals surface area contributed by atoms with Crippen LogP contribution in [-0.4, -0.2) is 32.5 Å². The smallest absolute Gasteiger partial charge is 0.375 e. The summed E-state index contributed by atoms with van der Waals surface area (Å²) in [4.78, 5) is 22.1. The first-order valence-corrected chi connectivity index (χ1v) is 7.63. The molecule has 1 aromatic rings. The van der Waals surface area contributed by atoms with Crippen LogP contribution in [0.15, 0.2) is 24.3 Å². The van der Waals surface area contributed by atoms with E-state index in [1.807, 2.05) is 5.37 Å². The van der Waals surface area contributed by atoms with E-state index < -0.39 is 15.6 Å². The predicted octanol–water partition coefficient (Wildman–Crippen LogP) is 2.70. The molecule has 2 unspecified atom stereocenters. The second-order valence-corrected chi connectivity index (χ2v) is 6.53. The largest absolute Gasteiger partial charge is 0.452 e. The van der Waals surface area contributed by atoms with Gasteiger partial charge in [-0.25, -0.2) is 9.10 Å². The van der Waals surface area contributed by atoms with E-state index in [9.17, 15) is 14.9 Å². The first kappa shape index (κ1) is 13.3. The van der Waals surface area contributed by atoms with Gasteiger partial charge in [-0.15, -0.1) is 0 Å². The first-order chi connectivity index (χ1) is 9.65. The van der Waals surface area contributed by atoms with Crippen molar-refractivity contribution >= 4 is 27.0 Å². The quantitative estimate of drug-likeness (QED) is 0.371. The van der Waals surface area contributed by atoms with E-state index in [1.54, 1.807) is 12.1 Å². The van der Waals surface area contributed by atoms with Gasteiger partial charge in [-0.05, 0) is 46.6 Å². The maximum Gasteiger partial charge on any atom is 0.375 e. The van der Waals surface area contributed by atoms with Crippen LogP contribution in [0.1, 0.15) is 18.4 Å². The summed E-state index contributed by atoms with van der Waals surface area (Å²) in [7, 11) is -0.506. The maximum atomic E-state index is 12.0. The molecule has 2 heterocycles. The van der Waals surface area contributed by atoms with Gasteiger partial charge < -0.3 is 4.74 Å². The van der Waals surface area contributed by atoms with E-state index in [1.165, 1.54) is 12.1 Å². The van der Waals surface area contributed by atoms with Gasteiger partial charge in [-0.3, -0.25) is 10.1 Å². The lowest BCUT2D eigenvalue weighted by Crippen LogP contribution is -2.41. The zero-order chi connectivity index (χ0) is 14.1. The molecule has 20 heavy (non-hydrogen) atoms. The molecule has 2 aliphatic rings. The van der Waals surface area contributed by atoms with Crippen LogP contribution in [0.25, 0.3) is 0 Å². The Morgan fingerprint density at radius 1 is 1.45 bits per heavy atom. The van der Waals surface area contributed by atoms with Crippen molar-refractivity contribution in [2.75, 3.05) is 6.54 Å². The van der Waals surface area contributed by atoms with Crippen molar-refractivity contribution in [2.45, 2.75) is 25.5 Å². The Hall–Kier alpha value is -1.73. The highest BCUT2D eigenvalue weighted by Gasteiger charge is 2.37. The summed E-state index contributed by atoms with van der Waals surface area (Å²) in [5, 5.41) is 12.4. The van der Waals surface area contributed by atoms with Crippen LogP contribution < -0.4 is 0 Å². The fourth-order valence-electron chi connectivity index (χ4n) is 2.29. The first-order valence-electron chi connectivity index (χ1n) is 6.38. The summed E-state index contributed by atoms with van der Waals surface area (Å²) >= 11 is 0. The van der Waals surface area contributed by atoms with Crippen molar-refractivity contribution in [1.82, 2.24) is 4.31 Å². The van der Waals surface area contributed by atoms with E-state index in [4.69, 9.17) is 4.74 Å². The van der Waals surface area contributed by atoms with Crippen LogP contribution in [-0.2, 0) is 11.3 Å². The number of carbonyl (C=O) groups excluding carboxylic acids is 1. The zero-order valence-electron chi connectivity index (χ0n) is 10.7. The minimum absolute atomic E-state index is 0.0366. The van der Waals surface area contributed by atoms with E-state index in [0.717, 1.165) is 24.9 Å². The maximum absolute atomic E-state index is 12.0. The van der Waals surface area contributed by atoms with Crippen molar-refractivity contribution in [3.63, 3.8) is 0 Å². The van der Waals surface area contributed by atoms with Crippen LogP contribution in [0.3, 0.4) is 0 Å². The Kier molecular flexibility index (Phi) is 3.54. The third-order valence-corrected chi connectivity index (χ3v) is 5.50. The van der Waals surface area contributed by atoms with Gasteiger partial charge in [0.15, 0.2) is 0 Å². The number of nitrogens with zero attached hydrogens (tertiary/aromatic N) is 2. The molecule has 1 aromatic carbocycles. The van der Waals surface area contributed by atoms with Crippen LogP contribution in [0.5, 0.6) is 0 Å². The molecule has 1 saturated heterocycles. The van der Waals surface area contributed by atoms with Crippen LogP contribution in [0, 0.1) is 10.1 Å². The molecule has 0 radical (unpaired) electrons. The molecule has 0 saturated carbocycles. The van der Waals surface area contributed by atoms with Crippen LogP contribution in [0.2, 0.25) is 0 Å². The summed E-state index contributed by atoms with van der Waals surface area (Å²) in [6.45, 7) is 1.13. The molecule has 0 aromatic heterocycles. The molecule has 1 fully saturated rings. The van der Waals surface area contributed by atoms with Gasteiger partial charge in [0, 0.05) is 24.7 Å². The van der Waals surface area contributed by atoms with Gasteiger partial charge in [-0.2, -0.15) is 0 Å². The van der Waals surface area contributed by atoms with Crippen molar-refractivity contribution < 1.29 is 14.5 Å². The molecule has 0 aliphatic carbocycles. The molecule has 0 bridgehead atoms. The molecule has 7 heteroatoms. The minimum atomic E-state index is -0.506. The molecule has 2 aliphatic heterocycles. The van der Waals surface area contributed by atoms with Gasteiger partial charge in [0.1, 0.15) is 6.61 Å². The van der Waals surface area contributed by atoms with Crippen LogP contribution in [0.4, 0.5) is 10.5 Å². The Morgan fingerprint density at radius 3 is 2.75 bits per heavy atom. The monoisotopic (exact) mass is 294 g/mol. The summed E-state index contributed by atoms with van der Waals surface area (Å²) < 4.78 is 7.47. The molecule has 106 valence electrons. The number of hydrogen-bond acceptors (Lipinski definition) is 5. The Bertz CT molecular complexity index is 585. The third kappa shape index (κ3) is 2.46. The van der Waals surface area contributed by atoms with E-state index in [0.29, 0.717) is 6.04 Å². The van der Waals surface area contributed by atoms with Crippen molar-refractivity contribution in [3.05, 3.63) is 39.9 Å². The van der Waals surface area contributed by atoms with E-state index >= 15 is 0 Å². The second-order valence-electron chi connectivity index (χ2n) is 4.76. The minimum Gasteiger partial charge on any atom is -0.452 e. The van der Waals surface area contributed by atoms with Gasteiger partial charge in [0.25, 0.3) is 5.69 Å². The normalized spacial score (nSPS) is 24.4. The highest BCUT2D eigenvalue weighted by atomic mass is 32.2. The average molecular weight is 294 g/mol. The predicted molar refractivity (Wildman–Crippen MR) is 76.7 cm³/mol. The van der Waals surface area contributed by atoms with Gasteiger partial charge in [0.05, 0.1) is 4.92 Å². The number of nitro groups is 1. The molecular formula is C13H14N2O4S. The second kappa shape index (κ2) is 5.34. The number of carbonyl (C=O) groups is 1. The molecule has 3 rings (SSSR count). The van der Waals surface area contributed by atoms with Gasteiger partial charge in [-0.1, -0.05) is 0 Å². The Labute approximate surface area is 118 Å². The lowest BCUT2D eigenvalue weighted by Gasteiger charge is -2.36. The topological polar surface area (TPSA) is 72.7 Å². The summed E-state index contributed by atoms with van der Waals surface area (Å²) in [5.74, 6) is 0. The zero-order valence-corrected chi connectivity index (χ0v) is 11.5. The summed E-state index contributed by atoms with van der Waals surface area (Å²) in [6, 6.07) is 6.58. The standard InChI is InChI=1S/C13H14N2O4S/c16-13(20-8-6-11-5-7-14(11)20)19-9-10-1-3-12(4-2-10)15(17)18/h1-4,8,11H,5-7,9H2.